The predicted octanol–water partition coefficient (Wildman–Crippen LogP) is -1.13. The van der Waals surface area contributed by atoms with Gasteiger partial charge in [0.25, 0.3) is 5.91 Å². The first kappa shape index (κ1) is 11.1. The summed E-state index contributed by atoms with van der Waals surface area (Å²) in [6.07, 6.45) is 3.05. The van der Waals surface area contributed by atoms with Crippen LogP contribution in [0.3, 0.4) is 0 Å². The summed E-state index contributed by atoms with van der Waals surface area (Å²) in [7, 11) is 0. The minimum atomic E-state index is -1.11. The van der Waals surface area contributed by atoms with E-state index in [0.29, 0.717) is 5.57 Å². The van der Waals surface area contributed by atoms with Gasteiger partial charge < -0.3 is 25.2 Å². The van der Waals surface area contributed by atoms with Gasteiger partial charge in [0.1, 0.15) is 6.10 Å². The number of hydrogen-bond donors (Lipinski definition) is 3. The van der Waals surface area contributed by atoms with Crippen molar-refractivity contribution in [3.63, 3.8) is 0 Å². The van der Waals surface area contributed by atoms with Crippen molar-refractivity contribution < 1.29 is 19.7 Å². The van der Waals surface area contributed by atoms with Crippen molar-refractivity contribution in [2.45, 2.75) is 25.6 Å². The minimum Gasteiger partial charge on any atom is -0.393 e. The van der Waals surface area contributed by atoms with Crippen molar-refractivity contribution in [1.29, 1.82) is 0 Å². The predicted molar refractivity (Wildman–Crippen MR) is 54.6 cm³/mol. The van der Waals surface area contributed by atoms with E-state index in [4.69, 9.17) is 9.84 Å². The van der Waals surface area contributed by atoms with Gasteiger partial charge in [-0.1, -0.05) is 6.08 Å². The first-order chi connectivity index (χ1) is 7.61. The van der Waals surface area contributed by atoms with E-state index in [1.165, 1.54) is 11.1 Å². The highest BCUT2D eigenvalue weighted by molar-refractivity contribution is 5.93. The lowest BCUT2D eigenvalue weighted by atomic mass is 10.2. The molecule has 0 saturated carbocycles. The van der Waals surface area contributed by atoms with E-state index in [1.807, 2.05) is 0 Å². The molecule has 0 radical (unpaired) electrons. The van der Waals surface area contributed by atoms with E-state index in [0.717, 1.165) is 0 Å². The molecule has 0 fully saturated rings. The Morgan fingerprint density at radius 2 is 2.31 bits per heavy atom. The van der Waals surface area contributed by atoms with E-state index in [-0.39, 0.29) is 18.6 Å². The van der Waals surface area contributed by atoms with Gasteiger partial charge in [-0.2, -0.15) is 0 Å². The Morgan fingerprint density at radius 3 is 2.94 bits per heavy atom. The normalized spacial score (nSPS) is 33.9. The van der Waals surface area contributed by atoms with Crippen LogP contribution < -0.4 is 5.32 Å². The molecular formula is C10H14N2O4. The molecule has 3 N–H and O–H groups in total. The molecule has 0 spiro atoms. The number of hydrogen-bond acceptors (Lipinski definition) is 5. The number of aliphatic hydroxyl groups excluding tert-OH is 2. The van der Waals surface area contributed by atoms with Gasteiger partial charge in [-0.15, -0.1) is 0 Å². The molecule has 2 rings (SSSR count). The molecule has 6 heteroatoms. The fraction of sp³-hybridized carbons (Fsp3) is 0.500. The van der Waals surface area contributed by atoms with Crippen LogP contribution in [0.2, 0.25) is 0 Å². The lowest BCUT2D eigenvalue weighted by molar-refractivity contribution is -0.138. The molecule has 2 aliphatic rings. The van der Waals surface area contributed by atoms with Gasteiger partial charge in [0, 0.05) is 11.8 Å². The number of ether oxygens (including phenoxy) is 1. The van der Waals surface area contributed by atoms with Crippen LogP contribution in [0.5, 0.6) is 0 Å². The zero-order chi connectivity index (χ0) is 11.7. The third-order valence-electron chi connectivity index (χ3n) is 2.52. The molecule has 0 saturated heterocycles. The van der Waals surface area contributed by atoms with Gasteiger partial charge in [-0.25, -0.2) is 0 Å². The second-order valence-electron chi connectivity index (χ2n) is 3.74. The lowest BCUT2D eigenvalue weighted by Crippen LogP contribution is -2.53. The lowest BCUT2D eigenvalue weighted by Gasteiger charge is -2.35. The molecule has 0 aromatic heterocycles. The number of nitrogens with zero attached hydrogens (tertiary/aromatic N) is 1. The van der Waals surface area contributed by atoms with Crippen LogP contribution in [0.15, 0.2) is 23.9 Å². The fourth-order valence-corrected chi connectivity index (χ4v) is 1.63. The molecule has 3 unspecified atom stereocenters. The fourth-order valence-electron chi connectivity index (χ4n) is 1.63. The summed E-state index contributed by atoms with van der Waals surface area (Å²) in [5, 5.41) is 20.9. The number of nitrogens with one attached hydrogen (secondary N) is 1. The Kier molecular flexibility index (Phi) is 2.95. The molecule has 16 heavy (non-hydrogen) atoms. The highest BCUT2D eigenvalue weighted by Crippen LogP contribution is 2.19. The largest absolute Gasteiger partial charge is 0.393 e. The average molecular weight is 226 g/mol. The molecule has 2 heterocycles. The standard InChI is InChI=1S/C10H14N2O4/c1-6-4-12(10(15)11-9(6)14)8-3-2-7(5-13)16-8/h2-4,7-8,10,13,15H,5H2,1H3,(H,11,14). The van der Waals surface area contributed by atoms with E-state index in [2.05, 4.69) is 5.32 Å². The average Bonchev–Trinajstić information content (AvgIpc) is 2.71. The summed E-state index contributed by atoms with van der Waals surface area (Å²) in [6.45, 7) is 1.54. The number of amides is 1. The molecule has 6 nitrogen and oxygen atoms in total. The molecule has 1 amide bonds. The van der Waals surface area contributed by atoms with Gasteiger partial charge in [0.05, 0.1) is 6.61 Å². The Balaban J connectivity index is 2.10. The van der Waals surface area contributed by atoms with E-state index in [1.54, 1.807) is 19.1 Å². The summed E-state index contributed by atoms with van der Waals surface area (Å²) >= 11 is 0. The SMILES string of the molecule is CC1=CN(C2C=CC(CO)O2)C(O)NC1=O. The monoisotopic (exact) mass is 226 g/mol. The van der Waals surface area contributed by atoms with Gasteiger partial charge >= 0.3 is 0 Å². The van der Waals surface area contributed by atoms with Crippen LogP contribution >= 0.6 is 0 Å². The number of carbonyl (C=O) groups excluding carboxylic acids is 1. The van der Waals surface area contributed by atoms with Crippen molar-refractivity contribution in [3.8, 4) is 0 Å². The van der Waals surface area contributed by atoms with Crippen LogP contribution in [-0.4, -0.2) is 46.3 Å². The van der Waals surface area contributed by atoms with Gasteiger partial charge in [0.2, 0.25) is 6.35 Å². The maximum Gasteiger partial charge on any atom is 0.251 e. The molecule has 0 aromatic carbocycles. The molecule has 0 aliphatic carbocycles. The molecule has 0 aromatic rings. The molecular weight excluding hydrogens is 212 g/mol. The van der Waals surface area contributed by atoms with Crippen LogP contribution in [0.1, 0.15) is 6.92 Å². The first-order valence-electron chi connectivity index (χ1n) is 5.01. The smallest absolute Gasteiger partial charge is 0.251 e. The summed E-state index contributed by atoms with van der Waals surface area (Å²) in [5.74, 6) is -0.301. The van der Waals surface area contributed by atoms with E-state index >= 15 is 0 Å². The van der Waals surface area contributed by atoms with Crippen molar-refractivity contribution in [1.82, 2.24) is 10.2 Å². The Labute approximate surface area is 92.8 Å². The highest BCUT2D eigenvalue weighted by Gasteiger charge is 2.31. The third kappa shape index (κ3) is 1.95. The Bertz CT molecular complexity index is 353. The summed E-state index contributed by atoms with van der Waals surface area (Å²) < 4.78 is 5.41. The first-order valence-corrected chi connectivity index (χ1v) is 5.01. The van der Waals surface area contributed by atoms with Gasteiger partial charge in [-0.05, 0) is 13.0 Å². The molecule has 88 valence electrons. The summed E-state index contributed by atoms with van der Waals surface area (Å²) in [5.41, 5.74) is 0.495. The number of aliphatic hydroxyl groups is 2. The third-order valence-corrected chi connectivity index (χ3v) is 2.52. The quantitative estimate of drug-likeness (QED) is 0.519. The van der Waals surface area contributed by atoms with Crippen LogP contribution in [0.4, 0.5) is 0 Å². The maximum absolute atomic E-state index is 11.2. The van der Waals surface area contributed by atoms with Crippen molar-refractivity contribution in [2.24, 2.45) is 0 Å². The Hall–Kier alpha value is -1.37. The zero-order valence-electron chi connectivity index (χ0n) is 8.83. The van der Waals surface area contributed by atoms with Crippen LogP contribution in [0, 0.1) is 0 Å². The second kappa shape index (κ2) is 4.25. The highest BCUT2D eigenvalue weighted by atomic mass is 16.5. The van der Waals surface area contributed by atoms with E-state index < -0.39 is 12.6 Å². The number of carbonyl (C=O) groups is 1. The molecule has 2 aliphatic heterocycles. The van der Waals surface area contributed by atoms with Gasteiger partial charge in [0.15, 0.2) is 6.23 Å². The van der Waals surface area contributed by atoms with Crippen molar-refractivity contribution in [2.75, 3.05) is 6.61 Å². The summed E-state index contributed by atoms with van der Waals surface area (Å²) in [6, 6.07) is 0. The maximum atomic E-state index is 11.2. The van der Waals surface area contributed by atoms with Gasteiger partial charge in [-0.3, -0.25) is 4.79 Å². The van der Waals surface area contributed by atoms with Crippen LogP contribution in [-0.2, 0) is 9.53 Å². The minimum absolute atomic E-state index is 0.105. The zero-order valence-corrected chi connectivity index (χ0v) is 8.83. The van der Waals surface area contributed by atoms with E-state index in [9.17, 15) is 9.90 Å². The topological polar surface area (TPSA) is 82.0 Å². The number of rotatable bonds is 2. The summed E-state index contributed by atoms with van der Waals surface area (Å²) in [4.78, 5) is 12.7. The van der Waals surface area contributed by atoms with Crippen LogP contribution in [0.25, 0.3) is 0 Å². The molecule has 0 bridgehead atoms. The van der Waals surface area contributed by atoms with Crippen molar-refractivity contribution in [3.05, 3.63) is 23.9 Å². The second-order valence-corrected chi connectivity index (χ2v) is 3.74. The molecule has 3 atom stereocenters. The Morgan fingerprint density at radius 1 is 1.56 bits per heavy atom. The van der Waals surface area contributed by atoms with Crippen molar-refractivity contribution >= 4 is 5.91 Å².